The van der Waals surface area contributed by atoms with Gasteiger partial charge >= 0.3 is 0 Å². The van der Waals surface area contributed by atoms with E-state index in [4.69, 9.17) is 4.74 Å². The lowest BCUT2D eigenvalue weighted by molar-refractivity contribution is 0.121. The van der Waals surface area contributed by atoms with Gasteiger partial charge in [0.1, 0.15) is 5.75 Å². The first-order chi connectivity index (χ1) is 12.4. The van der Waals surface area contributed by atoms with Crippen molar-refractivity contribution in [2.24, 2.45) is 0 Å². The van der Waals surface area contributed by atoms with Crippen molar-refractivity contribution in [1.82, 2.24) is 5.32 Å². The van der Waals surface area contributed by atoms with E-state index >= 15 is 0 Å². The molecule has 3 heteroatoms. The van der Waals surface area contributed by atoms with Gasteiger partial charge in [-0.05, 0) is 68.5 Å². The SMILES string of the molecule is c1ccc(-c2cccc3c2[C@@H]2CCNCC[C@@H]2N3)c(OC2CCC2)c1. The van der Waals surface area contributed by atoms with E-state index in [9.17, 15) is 0 Å². The molecular formula is C22H26N2O. The van der Waals surface area contributed by atoms with Crippen molar-refractivity contribution in [2.75, 3.05) is 18.4 Å². The summed E-state index contributed by atoms with van der Waals surface area (Å²) in [4.78, 5) is 0. The Kier molecular flexibility index (Phi) is 3.90. The Labute approximate surface area is 149 Å². The Morgan fingerprint density at radius 3 is 2.56 bits per heavy atom. The maximum Gasteiger partial charge on any atom is 0.127 e. The highest BCUT2D eigenvalue weighted by Gasteiger charge is 2.35. The smallest absolute Gasteiger partial charge is 0.127 e. The molecule has 1 saturated heterocycles. The third kappa shape index (κ3) is 2.71. The number of nitrogens with one attached hydrogen (secondary N) is 2. The summed E-state index contributed by atoms with van der Waals surface area (Å²) in [5.41, 5.74) is 5.44. The molecule has 25 heavy (non-hydrogen) atoms. The second kappa shape index (κ2) is 6.38. The van der Waals surface area contributed by atoms with Crippen molar-refractivity contribution in [3.05, 3.63) is 48.0 Å². The highest BCUT2D eigenvalue weighted by molar-refractivity contribution is 5.81. The van der Waals surface area contributed by atoms with E-state index in [1.54, 1.807) is 0 Å². The Morgan fingerprint density at radius 1 is 0.840 bits per heavy atom. The van der Waals surface area contributed by atoms with Crippen molar-refractivity contribution < 1.29 is 4.74 Å². The zero-order valence-electron chi connectivity index (χ0n) is 14.6. The van der Waals surface area contributed by atoms with Crippen LogP contribution in [0.5, 0.6) is 5.75 Å². The molecule has 1 aliphatic carbocycles. The third-order valence-corrected chi connectivity index (χ3v) is 6.09. The third-order valence-electron chi connectivity index (χ3n) is 6.09. The first kappa shape index (κ1) is 15.3. The molecule has 0 spiro atoms. The van der Waals surface area contributed by atoms with Crippen molar-refractivity contribution in [3.63, 3.8) is 0 Å². The molecule has 2 heterocycles. The van der Waals surface area contributed by atoms with Gasteiger partial charge in [0.05, 0.1) is 6.10 Å². The van der Waals surface area contributed by atoms with Crippen molar-refractivity contribution in [2.45, 2.75) is 50.2 Å². The van der Waals surface area contributed by atoms with Crippen molar-refractivity contribution >= 4 is 5.69 Å². The molecule has 1 saturated carbocycles. The number of rotatable bonds is 3. The summed E-state index contributed by atoms with van der Waals surface area (Å²) in [6.45, 7) is 2.22. The van der Waals surface area contributed by atoms with Crippen LogP contribution in [0.2, 0.25) is 0 Å². The van der Waals surface area contributed by atoms with Gasteiger partial charge in [0.25, 0.3) is 0 Å². The second-order valence-corrected chi connectivity index (χ2v) is 7.62. The average molecular weight is 334 g/mol. The van der Waals surface area contributed by atoms with Crippen LogP contribution in [-0.2, 0) is 0 Å². The molecule has 0 radical (unpaired) electrons. The molecule has 130 valence electrons. The predicted molar refractivity (Wildman–Crippen MR) is 102 cm³/mol. The molecule has 2 fully saturated rings. The Hall–Kier alpha value is -2.00. The number of fused-ring (bicyclic) bond motifs is 3. The van der Waals surface area contributed by atoms with Gasteiger partial charge in [-0.3, -0.25) is 0 Å². The zero-order chi connectivity index (χ0) is 16.6. The van der Waals surface area contributed by atoms with Crippen LogP contribution >= 0.6 is 0 Å². The van der Waals surface area contributed by atoms with Crippen molar-refractivity contribution in [1.29, 1.82) is 0 Å². The van der Waals surface area contributed by atoms with E-state index < -0.39 is 0 Å². The van der Waals surface area contributed by atoms with Gasteiger partial charge in [-0.15, -0.1) is 0 Å². The summed E-state index contributed by atoms with van der Waals surface area (Å²) < 4.78 is 6.32. The molecule has 0 unspecified atom stereocenters. The Morgan fingerprint density at radius 2 is 1.68 bits per heavy atom. The summed E-state index contributed by atoms with van der Waals surface area (Å²) in [6, 6.07) is 15.9. The van der Waals surface area contributed by atoms with Gasteiger partial charge in [0.15, 0.2) is 0 Å². The summed E-state index contributed by atoms with van der Waals surface area (Å²) in [5, 5.41) is 7.34. The normalized spacial score (nSPS) is 25.3. The van der Waals surface area contributed by atoms with E-state index in [0.717, 1.165) is 18.8 Å². The maximum absolute atomic E-state index is 6.32. The van der Waals surface area contributed by atoms with E-state index in [1.807, 2.05) is 0 Å². The quantitative estimate of drug-likeness (QED) is 0.864. The minimum Gasteiger partial charge on any atom is -0.490 e. The van der Waals surface area contributed by atoms with Gasteiger partial charge in [0.2, 0.25) is 0 Å². The molecule has 3 nitrogen and oxygen atoms in total. The minimum atomic E-state index is 0.408. The second-order valence-electron chi connectivity index (χ2n) is 7.62. The molecule has 2 atom stereocenters. The van der Waals surface area contributed by atoms with Crippen LogP contribution in [0.15, 0.2) is 42.5 Å². The maximum atomic E-state index is 6.32. The molecule has 0 amide bonds. The lowest BCUT2D eigenvalue weighted by atomic mass is 9.85. The van der Waals surface area contributed by atoms with Crippen LogP contribution in [0.3, 0.4) is 0 Å². The first-order valence-corrected chi connectivity index (χ1v) is 9.76. The van der Waals surface area contributed by atoms with E-state index in [2.05, 4.69) is 53.1 Å². The van der Waals surface area contributed by atoms with Crippen LogP contribution in [0.25, 0.3) is 11.1 Å². The fourth-order valence-electron chi connectivity index (χ4n) is 4.55. The van der Waals surface area contributed by atoms with E-state index in [-0.39, 0.29) is 0 Å². The summed E-state index contributed by atoms with van der Waals surface area (Å²) >= 11 is 0. The molecule has 2 aromatic carbocycles. The van der Waals surface area contributed by atoms with Crippen LogP contribution in [0, 0.1) is 0 Å². The highest BCUT2D eigenvalue weighted by Crippen LogP contribution is 2.47. The molecule has 0 bridgehead atoms. The lowest BCUT2D eigenvalue weighted by Crippen LogP contribution is -2.24. The van der Waals surface area contributed by atoms with Crippen molar-refractivity contribution in [3.8, 4) is 16.9 Å². The number of para-hydroxylation sites is 1. The number of benzene rings is 2. The van der Waals surface area contributed by atoms with Crippen LogP contribution in [0.4, 0.5) is 5.69 Å². The number of hydrogen-bond donors (Lipinski definition) is 2. The van der Waals surface area contributed by atoms with Crippen LogP contribution < -0.4 is 15.4 Å². The lowest BCUT2D eigenvalue weighted by Gasteiger charge is -2.28. The van der Waals surface area contributed by atoms with Gasteiger partial charge in [-0.25, -0.2) is 0 Å². The largest absolute Gasteiger partial charge is 0.490 e. The molecule has 2 N–H and O–H groups in total. The van der Waals surface area contributed by atoms with Gasteiger partial charge in [0, 0.05) is 23.2 Å². The van der Waals surface area contributed by atoms with Gasteiger partial charge < -0.3 is 15.4 Å². The molecule has 0 aromatic heterocycles. The Bertz CT molecular complexity index is 768. The summed E-state index contributed by atoms with van der Waals surface area (Å²) in [7, 11) is 0. The number of anilines is 1. The summed E-state index contributed by atoms with van der Waals surface area (Å²) in [6.07, 6.45) is 6.49. The fourth-order valence-corrected chi connectivity index (χ4v) is 4.55. The zero-order valence-corrected chi connectivity index (χ0v) is 14.6. The molecule has 5 rings (SSSR count). The summed E-state index contributed by atoms with van der Waals surface area (Å²) in [5.74, 6) is 1.65. The average Bonchev–Trinajstić information content (AvgIpc) is 2.80. The van der Waals surface area contributed by atoms with Gasteiger partial charge in [-0.1, -0.05) is 30.3 Å². The predicted octanol–water partition coefficient (Wildman–Crippen LogP) is 4.55. The van der Waals surface area contributed by atoms with E-state index in [0.29, 0.717) is 18.1 Å². The molecule has 2 aromatic rings. The number of hydrogen-bond acceptors (Lipinski definition) is 3. The standard InChI is InChI=1S/C22H26N2O/c1-2-10-21(25-15-5-3-6-15)16(7-1)17-8-4-9-20-22(17)18-11-13-23-14-12-19(18)24-20/h1-2,4,7-10,15,18-19,23-24H,3,5-6,11-14H2/t18-,19+/m1/s1. The molecule has 2 aliphatic heterocycles. The van der Waals surface area contributed by atoms with Crippen LogP contribution in [0.1, 0.15) is 43.6 Å². The highest BCUT2D eigenvalue weighted by atomic mass is 16.5. The molecule has 3 aliphatic rings. The topological polar surface area (TPSA) is 33.3 Å². The minimum absolute atomic E-state index is 0.408. The Balaban J connectivity index is 1.57. The van der Waals surface area contributed by atoms with Crippen LogP contribution in [-0.4, -0.2) is 25.2 Å². The first-order valence-electron chi connectivity index (χ1n) is 9.76. The van der Waals surface area contributed by atoms with E-state index in [1.165, 1.54) is 54.5 Å². The fraction of sp³-hybridized carbons (Fsp3) is 0.455. The van der Waals surface area contributed by atoms with Gasteiger partial charge in [-0.2, -0.15) is 0 Å². The number of ether oxygens (including phenoxy) is 1. The molecular weight excluding hydrogens is 308 g/mol. The monoisotopic (exact) mass is 334 g/mol.